The molecular weight excluding hydrogens is 278 g/mol. The van der Waals surface area contributed by atoms with E-state index in [0.29, 0.717) is 22.4 Å². The topological polar surface area (TPSA) is 74.8 Å². The molecule has 2 saturated carbocycles. The van der Waals surface area contributed by atoms with E-state index in [2.05, 4.69) is 15.5 Å². The van der Waals surface area contributed by atoms with Gasteiger partial charge in [0, 0.05) is 11.9 Å². The van der Waals surface area contributed by atoms with Crippen LogP contribution in [0.5, 0.6) is 0 Å². The summed E-state index contributed by atoms with van der Waals surface area (Å²) in [6.07, 6.45) is 5.25. The fourth-order valence-electron chi connectivity index (χ4n) is 4.22. The number of benzene rings is 1. The van der Waals surface area contributed by atoms with Gasteiger partial charge in [0.2, 0.25) is 0 Å². The fraction of sp³-hybridized carbons (Fsp3) is 0.471. The molecule has 0 radical (unpaired) electrons. The predicted octanol–water partition coefficient (Wildman–Crippen LogP) is 2.09. The van der Waals surface area contributed by atoms with Crippen molar-refractivity contribution in [2.75, 3.05) is 6.54 Å². The summed E-state index contributed by atoms with van der Waals surface area (Å²) in [5.74, 6) is 2.07. The third-order valence-corrected chi connectivity index (χ3v) is 5.32. The van der Waals surface area contributed by atoms with Gasteiger partial charge in [-0.25, -0.2) is 5.10 Å². The predicted molar refractivity (Wildman–Crippen MR) is 83.6 cm³/mol. The number of fused-ring (bicyclic) bond motifs is 3. The molecule has 1 aromatic heterocycles. The highest BCUT2D eigenvalue weighted by atomic mass is 16.2. The maximum absolute atomic E-state index is 12.4. The van der Waals surface area contributed by atoms with Gasteiger partial charge in [-0.05, 0) is 43.1 Å². The number of aromatic nitrogens is 2. The van der Waals surface area contributed by atoms with Gasteiger partial charge < -0.3 is 5.32 Å². The highest BCUT2D eigenvalue weighted by molar-refractivity contribution is 6.04. The van der Waals surface area contributed by atoms with E-state index in [1.807, 2.05) is 6.07 Å². The van der Waals surface area contributed by atoms with Gasteiger partial charge in [0.15, 0.2) is 5.69 Å². The van der Waals surface area contributed by atoms with Crippen molar-refractivity contribution in [3.8, 4) is 0 Å². The lowest BCUT2D eigenvalue weighted by Gasteiger charge is -2.21. The second kappa shape index (κ2) is 5.23. The molecule has 1 amide bonds. The van der Waals surface area contributed by atoms with E-state index in [9.17, 15) is 9.59 Å². The summed E-state index contributed by atoms with van der Waals surface area (Å²) in [7, 11) is 0. The number of carbonyl (C=O) groups excluding carboxylic acids is 1. The molecule has 1 heterocycles. The summed E-state index contributed by atoms with van der Waals surface area (Å²) in [4.78, 5) is 24.2. The summed E-state index contributed by atoms with van der Waals surface area (Å²) < 4.78 is 0. The van der Waals surface area contributed by atoms with Crippen LogP contribution in [0.15, 0.2) is 29.1 Å². The van der Waals surface area contributed by atoms with E-state index in [1.165, 1.54) is 25.7 Å². The lowest BCUT2D eigenvalue weighted by atomic mass is 9.89. The van der Waals surface area contributed by atoms with Crippen LogP contribution in [0.1, 0.15) is 36.2 Å². The number of aromatic amines is 1. The maximum Gasteiger partial charge on any atom is 0.272 e. The second-order valence-corrected chi connectivity index (χ2v) is 6.59. The minimum absolute atomic E-state index is 0.199. The van der Waals surface area contributed by atoms with Crippen LogP contribution in [-0.4, -0.2) is 22.6 Å². The van der Waals surface area contributed by atoms with Gasteiger partial charge in [-0.1, -0.05) is 24.6 Å². The molecule has 0 unspecified atom stereocenters. The van der Waals surface area contributed by atoms with E-state index >= 15 is 0 Å². The van der Waals surface area contributed by atoms with Crippen molar-refractivity contribution in [3.63, 3.8) is 0 Å². The smallest absolute Gasteiger partial charge is 0.272 e. The molecule has 4 rings (SSSR count). The summed E-state index contributed by atoms with van der Waals surface area (Å²) in [5, 5.41) is 10.5. The molecule has 114 valence electrons. The van der Waals surface area contributed by atoms with Crippen LogP contribution in [0, 0.1) is 17.8 Å². The van der Waals surface area contributed by atoms with E-state index in [4.69, 9.17) is 0 Å². The van der Waals surface area contributed by atoms with Crippen molar-refractivity contribution in [3.05, 3.63) is 40.3 Å². The first kappa shape index (κ1) is 13.5. The lowest BCUT2D eigenvalue weighted by Crippen LogP contribution is -2.32. The Balaban J connectivity index is 1.53. The average Bonchev–Trinajstić information content (AvgIpc) is 3.16. The summed E-state index contributed by atoms with van der Waals surface area (Å²) in [6.45, 7) is 0.717. The van der Waals surface area contributed by atoms with Crippen LogP contribution < -0.4 is 10.9 Å². The number of nitrogens with one attached hydrogen (secondary N) is 2. The molecule has 5 heteroatoms. The quantitative estimate of drug-likeness (QED) is 0.911. The summed E-state index contributed by atoms with van der Waals surface area (Å²) in [5.41, 5.74) is 0.0404. The minimum atomic E-state index is -0.264. The Bertz CT molecular complexity index is 783. The van der Waals surface area contributed by atoms with E-state index < -0.39 is 0 Å². The Morgan fingerprint density at radius 1 is 1.23 bits per heavy atom. The van der Waals surface area contributed by atoms with Crippen molar-refractivity contribution in [1.29, 1.82) is 0 Å². The standard InChI is InChI=1S/C17H19N3O2/c21-16-14-4-2-1-3-13(14)15(19-20-16)17(22)18-9-12-8-10-5-6-11(12)7-10/h1-4,10-12H,5-9H2,(H,18,22)(H,20,21)/t10-,11+,12-/m0/s1. The van der Waals surface area contributed by atoms with Crippen LogP contribution in [0.25, 0.3) is 10.8 Å². The zero-order valence-corrected chi connectivity index (χ0v) is 12.3. The van der Waals surface area contributed by atoms with Crippen LogP contribution in [0.2, 0.25) is 0 Å². The zero-order valence-electron chi connectivity index (χ0n) is 12.3. The van der Waals surface area contributed by atoms with Crippen LogP contribution >= 0.6 is 0 Å². The van der Waals surface area contributed by atoms with Gasteiger partial charge in [-0.3, -0.25) is 9.59 Å². The van der Waals surface area contributed by atoms with Gasteiger partial charge >= 0.3 is 0 Å². The number of rotatable bonds is 3. The number of nitrogens with zero attached hydrogens (tertiary/aromatic N) is 1. The third kappa shape index (κ3) is 2.21. The Labute approximate surface area is 128 Å². The molecular formula is C17H19N3O2. The molecule has 2 N–H and O–H groups in total. The van der Waals surface area contributed by atoms with Gasteiger partial charge in [0.1, 0.15) is 0 Å². The number of hydrogen-bond acceptors (Lipinski definition) is 3. The third-order valence-electron chi connectivity index (χ3n) is 5.32. The summed E-state index contributed by atoms with van der Waals surface area (Å²) in [6, 6.07) is 7.08. The van der Waals surface area contributed by atoms with E-state index in [-0.39, 0.29) is 11.5 Å². The van der Waals surface area contributed by atoms with E-state index in [1.54, 1.807) is 18.2 Å². The van der Waals surface area contributed by atoms with Gasteiger partial charge in [0.25, 0.3) is 11.5 Å². The molecule has 5 nitrogen and oxygen atoms in total. The van der Waals surface area contributed by atoms with E-state index in [0.717, 1.165) is 18.4 Å². The molecule has 0 spiro atoms. The van der Waals surface area contributed by atoms with Crippen LogP contribution in [-0.2, 0) is 0 Å². The largest absolute Gasteiger partial charge is 0.350 e. The highest BCUT2D eigenvalue weighted by Gasteiger charge is 2.39. The van der Waals surface area contributed by atoms with Crippen molar-refractivity contribution in [1.82, 2.24) is 15.5 Å². The average molecular weight is 297 g/mol. The number of hydrogen-bond donors (Lipinski definition) is 2. The van der Waals surface area contributed by atoms with Crippen molar-refractivity contribution in [2.45, 2.75) is 25.7 Å². The summed E-state index contributed by atoms with van der Waals surface area (Å²) >= 11 is 0. The second-order valence-electron chi connectivity index (χ2n) is 6.59. The Morgan fingerprint density at radius 2 is 2.05 bits per heavy atom. The highest BCUT2D eigenvalue weighted by Crippen LogP contribution is 2.47. The minimum Gasteiger partial charge on any atom is -0.350 e. The molecule has 2 aliphatic rings. The van der Waals surface area contributed by atoms with Gasteiger partial charge in [0.05, 0.1) is 5.39 Å². The first-order valence-corrected chi connectivity index (χ1v) is 7.98. The van der Waals surface area contributed by atoms with Crippen molar-refractivity contribution < 1.29 is 4.79 Å². The first-order valence-electron chi connectivity index (χ1n) is 7.98. The molecule has 0 saturated heterocycles. The molecule has 2 fully saturated rings. The zero-order chi connectivity index (χ0) is 15.1. The first-order chi connectivity index (χ1) is 10.7. The lowest BCUT2D eigenvalue weighted by molar-refractivity contribution is 0.0937. The van der Waals surface area contributed by atoms with Gasteiger partial charge in [-0.15, -0.1) is 0 Å². The number of carbonyl (C=O) groups is 1. The van der Waals surface area contributed by atoms with Crippen molar-refractivity contribution >= 4 is 16.7 Å². The van der Waals surface area contributed by atoms with Crippen LogP contribution in [0.4, 0.5) is 0 Å². The Hall–Kier alpha value is -2.17. The van der Waals surface area contributed by atoms with Gasteiger partial charge in [-0.2, -0.15) is 5.10 Å². The molecule has 2 aliphatic carbocycles. The Morgan fingerprint density at radius 3 is 2.77 bits per heavy atom. The fourth-order valence-corrected chi connectivity index (χ4v) is 4.22. The molecule has 3 atom stereocenters. The molecule has 2 bridgehead atoms. The molecule has 1 aromatic carbocycles. The molecule has 0 aliphatic heterocycles. The SMILES string of the molecule is O=C(NC[C@@H]1C[C@H]2CC[C@@H]1C2)c1n[nH]c(=O)c2ccccc12. The monoisotopic (exact) mass is 297 g/mol. The maximum atomic E-state index is 12.4. The molecule has 2 aromatic rings. The van der Waals surface area contributed by atoms with Crippen molar-refractivity contribution in [2.24, 2.45) is 17.8 Å². The number of amides is 1. The Kier molecular flexibility index (Phi) is 3.21. The normalized spacial score (nSPS) is 26.5. The van der Waals surface area contributed by atoms with Crippen LogP contribution in [0.3, 0.4) is 0 Å². The number of H-pyrrole nitrogens is 1. The molecule has 22 heavy (non-hydrogen) atoms.